The van der Waals surface area contributed by atoms with Crippen LogP contribution < -0.4 is 4.74 Å². The van der Waals surface area contributed by atoms with Crippen molar-refractivity contribution in [3.8, 4) is 17.0 Å². The lowest BCUT2D eigenvalue weighted by atomic mass is 10.0. The van der Waals surface area contributed by atoms with E-state index in [1.807, 2.05) is 13.8 Å². The lowest BCUT2D eigenvalue weighted by Gasteiger charge is -2.11. The molecule has 1 aromatic heterocycles. The normalized spacial score (nSPS) is 10.5. The van der Waals surface area contributed by atoms with Crippen LogP contribution in [0, 0.1) is 13.8 Å². The van der Waals surface area contributed by atoms with Crippen LogP contribution in [-0.4, -0.2) is 22.9 Å². The molecule has 0 radical (unpaired) electrons. The molecule has 0 atom stereocenters. The minimum atomic E-state index is 0.0910. The molecule has 0 saturated heterocycles. The summed E-state index contributed by atoms with van der Waals surface area (Å²) in [4.78, 5) is 18.5. The first-order valence-electron chi connectivity index (χ1n) is 6.20. The van der Waals surface area contributed by atoms with Gasteiger partial charge in [-0.1, -0.05) is 6.07 Å². The molecule has 100 valence electrons. The predicted molar refractivity (Wildman–Crippen MR) is 74.4 cm³/mol. The fourth-order valence-corrected chi connectivity index (χ4v) is 2.25. The van der Waals surface area contributed by atoms with E-state index >= 15 is 0 Å². The zero-order valence-electron chi connectivity index (χ0n) is 11.7. The van der Waals surface area contributed by atoms with Gasteiger partial charge >= 0.3 is 0 Å². The molecule has 4 nitrogen and oxygen atoms in total. The Morgan fingerprint density at radius 3 is 2.74 bits per heavy atom. The number of aromatic nitrogens is 2. The molecule has 19 heavy (non-hydrogen) atoms. The number of nitrogens with zero attached hydrogens (tertiary/aromatic N) is 1. The Morgan fingerprint density at radius 1 is 1.37 bits per heavy atom. The maximum absolute atomic E-state index is 11.1. The molecule has 0 saturated carbocycles. The van der Waals surface area contributed by atoms with Crippen molar-refractivity contribution < 1.29 is 9.53 Å². The molecule has 4 heteroatoms. The van der Waals surface area contributed by atoms with Gasteiger partial charge in [0.1, 0.15) is 17.4 Å². The van der Waals surface area contributed by atoms with E-state index in [0.717, 1.165) is 28.1 Å². The summed E-state index contributed by atoms with van der Waals surface area (Å²) in [5, 5.41) is 0. The molecule has 2 aromatic rings. The first-order chi connectivity index (χ1) is 9.01. The minimum absolute atomic E-state index is 0.0910. The highest BCUT2D eigenvalue weighted by Gasteiger charge is 2.12. The van der Waals surface area contributed by atoms with Gasteiger partial charge in [-0.15, -0.1) is 0 Å². The lowest BCUT2D eigenvalue weighted by molar-refractivity contribution is -0.116. The van der Waals surface area contributed by atoms with Crippen LogP contribution in [0.4, 0.5) is 0 Å². The molecule has 2 rings (SSSR count). The van der Waals surface area contributed by atoms with Gasteiger partial charge in [0.15, 0.2) is 0 Å². The van der Waals surface area contributed by atoms with E-state index in [0.29, 0.717) is 12.2 Å². The van der Waals surface area contributed by atoms with E-state index in [1.54, 1.807) is 20.2 Å². The van der Waals surface area contributed by atoms with Gasteiger partial charge in [0.05, 0.1) is 25.4 Å². The van der Waals surface area contributed by atoms with Gasteiger partial charge in [0, 0.05) is 5.56 Å². The zero-order chi connectivity index (χ0) is 14.0. The third-order valence-corrected chi connectivity index (χ3v) is 2.96. The van der Waals surface area contributed by atoms with Gasteiger partial charge in [-0.25, -0.2) is 4.98 Å². The van der Waals surface area contributed by atoms with Gasteiger partial charge in [-0.05, 0) is 38.0 Å². The second kappa shape index (κ2) is 5.26. The number of methoxy groups -OCH3 is 1. The summed E-state index contributed by atoms with van der Waals surface area (Å²) in [6.45, 7) is 5.62. The molecule has 0 spiro atoms. The second-order valence-electron chi connectivity index (χ2n) is 4.78. The summed E-state index contributed by atoms with van der Waals surface area (Å²) in [6, 6.07) is 4.13. The quantitative estimate of drug-likeness (QED) is 0.917. The number of carbonyl (C=O) groups excluding carboxylic acids is 1. The van der Waals surface area contributed by atoms with Crippen LogP contribution in [0.2, 0.25) is 0 Å². The van der Waals surface area contributed by atoms with E-state index in [1.165, 1.54) is 0 Å². The Hall–Kier alpha value is -2.10. The van der Waals surface area contributed by atoms with Gasteiger partial charge in [-0.2, -0.15) is 0 Å². The second-order valence-corrected chi connectivity index (χ2v) is 4.78. The van der Waals surface area contributed by atoms with Crippen molar-refractivity contribution in [2.75, 3.05) is 7.11 Å². The van der Waals surface area contributed by atoms with E-state index in [4.69, 9.17) is 4.74 Å². The van der Waals surface area contributed by atoms with Gasteiger partial charge in [0.25, 0.3) is 0 Å². The van der Waals surface area contributed by atoms with Crippen LogP contribution in [0.1, 0.15) is 23.9 Å². The monoisotopic (exact) mass is 258 g/mol. The smallest absolute Gasteiger partial charge is 0.137 e. The van der Waals surface area contributed by atoms with Crippen molar-refractivity contribution in [1.82, 2.24) is 9.97 Å². The SMILES string of the molecule is COc1c(C)cc(C)cc1-c1cnc(CC(C)=O)[nH]1. The highest BCUT2D eigenvalue weighted by atomic mass is 16.5. The number of rotatable bonds is 4. The first-order valence-corrected chi connectivity index (χ1v) is 6.20. The number of carbonyl (C=O) groups is 1. The summed E-state index contributed by atoms with van der Waals surface area (Å²) < 4.78 is 5.46. The Kier molecular flexibility index (Phi) is 3.69. The standard InChI is InChI=1S/C15H18N2O2/c1-9-5-10(2)15(19-4)12(6-9)13-8-16-14(17-13)7-11(3)18/h5-6,8H,7H2,1-4H3,(H,16,17). The first kappa shape index (κ1) is 13.3. The Balaban J connectivity index is 2.46. The van der Waals surface area contributed by atoms with Gasteiger partial charge in [-0.3, -0.25) is 4.79 Å². The number of ketones is 1. The Morgan fingerprint density at radius 2 is 2.11 bits per heavy atom. The maximum atomic E-state index is 11.1. The minimum Gasteiger partial charge on any atom is -0.496 e. The van der Waals surface area contributed by atoms with E-state index in [2.05, 4.69) is 22.1 Å². The van der Waals surface area contributed by atoms with Crippen molar-refractivity contribution in [3.63, 3.8) is 0 Å². The highest BCUT2D eigenvalue weighted by molar-refractivity contribution is 5.78. The van der Waals surface area contributed by atoms with Crippen molar-refractivity contribution >= 4 is 5.78 Å². The van der Waals surface area contributed by atoms with Crippen LogP contribution in [0.25, 0.3) is 11.3 Å². The summed E-state index contributed by atoms with van der Waals surface area (Å²) in [5.74, 6) is 1.61. The Bertz CT molecular complexity index is 615. The average Bonchev–Trinajstić information content (AvgIpc) is 2.75. The van der Waals surface area contributed by atoms with Gasteiger partial charge < -0.3 is 9.72 Å². The molecular weight excluding hydrogens is 240 g/mol. The number of imidazole rings is 1. The van der Waals surface area contributed by atoms with Crippen LogP contribution >= 0.6 is 0 Å². The largest absolute Gasteiger partial charge is 0.496 e. The van der Waals surface area contributed by atoms with Crippen LogP contribution in [0.15, 0.2) is 18.3 Å². The Labute approximate surface area is 112 Å². The van der Waals surface area contributed by atoms with Crippen molar-refractivity contribution in [2.24, 2.45) is 0 Å². The van der Waals surface area contributed by atoms with Crippen LogP contribution in [0.3, 0.4) is 0 Å². The summed E-state index contributed by atoms with van der Waals surface area (Å²) >= 11 is 0. The highest BCUT2D eigenvalue weighted by Crippen LogP contribution is 2.33. The average molecular weight is 258 g/mol. The van der Waals surface area contributed by atoms with E-state index < -0.39 is 0 Å². The van der Waals surface area contributed by atoms with Crippen molar-refractivity contribution in [1.29, 1.82) is 0 Å². The fraction of sp³-hybridized carbons (Fsp3) is 0.333. The number of hydrogen-bond acceptors (Lipinski definition) is 3. The molecule has 0 aliphatic rings. The molecular formula is C15H18N2O2. The molecule has 1 heterocycles. The van der Waals surface area contributed by atoms with Crippen LogP contribution in [0.5, 0.6) is 5.75 Å². The lowest BCUT2D eigenvalue weighted by Crippen LogP contribution is -1.98. The molecule has 0 amide bonds. The summed E-state index contributed by atoms with van der Waals surface area (Å²) in [7, 11) is 1.66. The van der Waals surface area contributed by atoms with Crippen molar-refractivity contribution in [2.45, 2.75) is 27.2 Å². The summed E-state index contributed by atoms with van der Waals surface area (Å²) in [6.07, 6.45) is 2.07. The summed E-state index contributed by atoms with van der Waals surface area (Å²) in [5.41, 5.74) is 4.10. The van der Waals surface area contributed by atoms with E-state index in [9.17, 15) is 4.79 Å². The zero-order valence-corrected chi connectivity index (χ0v) is 11.7. The number of nitrogens with one attached hydrogen (secondary N) is 1. The van der Waals surface area contributed by atoms with E-state index in [-0.39, 0.29) is 5.78 Å². The molecule has 0 fully saturated rings. The molecule has 0 aliphatic carbocycles. The molecule has 0 aliphatic heterocycles. The predicted octanol–water partition coefficient (Wildman–Crippen LogP) is 2.83. The third-order valence-electron chi connectivity index (χ3n) is 2.96. The number of hydrogen-bond donors (Lipinski definition) is 1. The maximum Gasteiger partial charge on any atom is 0.137 e. The number of benzene rings is 1. The van der Waals surface area contributed by atoms with Crippen molar-refractivity contribution in [3.05, 3.63) is 35.3 Å². The van der Waals surface area contributed by atoms with Gasteiger partial charge in [0.2, 0.25) is 0 Å². The molecule has 1 aromatic carbocycles. The molecule has 0 bridgehead atoms. The third kappa shape index (κ3) is 2.84. The number of ether oxygens (including phenoxy) is 1. The number of H-pyrrole nitrogens is 1. The van der Waals surface area contributed by atoms with Crippen LogP contribution in [-0.2, 0) is 11.2 Å². The fourth-order valence-electron chi connectivity index (χ4n) is 2.25. The topological polar surface area (TPSA) is 55.0 Å². The number of Topliss-reactive ketones (excluding diaryl/α,β-unsaturated/α-hetero) is 1. The molecule has 1 N–H and O–H groups in total. The molecule has 0 unspecified atom stereocenters. The number of aryl methyl sites for hydroxylation is 2. The number of aromatic amines is 1.